The van der Waals surface area contributed by atoms with Gasteiger partial charge in [-0.3, -0.25) is 4.79 Å². The molecule has 3 rings (SSSR count). The summed E-state index contributed by atoms with van der Waals surface area (Å²) in [5.41, 5.74) is 4.85. The van der Waals surface area contributed by atoms with E-state index in [1.165, 1.54) is 5.56 Å². The molecule has 0 saturated carbocycles. The highest BCUT2D eigenvalue weighted by atomic mass is 16.5. The summed E-state index contributed by atoms with van der Waals surface area (Å²) in [5, 5.41) is 3.22. The summed E-state index contributed by atoms with van der Waals surface area (Å²) < 4.78 is 6.04. The first kappa shape index (κ1) is 16.6. The quantitative estimate of drug-likeness (QED) is 0.874. The van der Waals surface area contributed by atoms with E-state index in [4.69, 9.17) is 4.74 Å². The number of fused-ring (bicyclic) bond motifs is 1. The van der Waals surface area contributed by atoms with Crippen LogP contribution in [0.5, 0.6) is 5.75 Å². The van der Waals surface area contributed by atoms with Crippen molar-refractivity contribution in [1.82, 2.24) is 5.32 Å². The van der Waals surface area contributed by atoms with Crippen molar-refractivity contribution in [1.29, 1.82) is 0 Å². The van der Waals surface area contributed by atoms with Gasteiger partial charge >= 0.3 is 0 Å². The van der Waals surface area contributed by atoms with Gasteiger partial charge in [-0.05, 0) is 63.4 Å². The minimum Gasteiger partial charge on any atom is -0.487 e. The van der Waals surface area contributed by atoms with Gasteiger partial charge in [-0.25, -0.2) is 0 Å². The number of carbonyl (C=O) groups excluding carboxylic acids is 1. The minimum atomic E-state index is -0.301. The summed E-state index contributed by atoms with van der Waals surface area (Å²) in [6.07, 6.45) is 0.750. The number of benzene rings is 2. The van der Waals surface area contributed by atoms with E-state index < -0.39 is 0 Å². The maximum absolute atomic E-state index is 12.9. The Morgan fingerprint density at radius 1 is 1.08 bits per heavy atom. The Labute approximate surface area is 144 Å². The van der Waals surface area contributed by atoms with Crippen molar-refractivity contribution < 1.29 is 9.53 Å². The summed E-state index contributed by atoms with van der Waals surface area (Å²) in [5.74, 6) is 0.837. The zero-order chi connectivity index (χ0) is 17.5. The summed E-state index contributed by atoms with van der Waals surface area (Å²) in [6.45, 7) is 10.2. The van der Waals surface area contributed by atoms with E-state index in [0.29, 0.717) is 0 Å². The zero-order valence-corrected chi connectivity index (χ0v) is 15.1. The van der Waals surface area contributed by atoms with Crippen LogP contribution in [0.4, 0.5) is 0 Å². The van der Waals surface area contributed by atoms with Crippen molar-refractivity contribution in [3.63, 3.8) is 0 Å². The van der Waals surface area contributed by atoms with Crippen LogP contribution in [0.1, 0.15) is 58.9 Å². The highest BCUT2D eigenvalue weighted by Gasteiger charge is 2.34. The van der Waals surface area contributed by atoms with Gasteiger partial charge in [0.25, 0.3) is 5.91 Å². The fourth-order valence-corrected chi connectivity index (χ4v) is 3.37. The molecule has 1 aliphatic heterocycles. The Hall–Kier alpha value is -2.29. The van der Waals surface area contributed by atoms with Crippen LogP contribution in [0.15, 0.2) is 36.4 Å². The molecule has 2 aromatic carbocycles. The van der Waals surface area contributed by atoms with Crippen LogP contribution >= 0.6 is 0 Å². The number of rotatable bonds is 2. The van der Waals surface area contributed by atoms with Crippen molar-refractivity contribution in [3.8, 4) is 5.75 Å². The van der Waals surface area contributed by atoms with Crippen LogP contribution in [-0.2, 0) is 0 Å². The molecular weight excluding hydrogens is 298 g/mol. The molecule has 3 heteroatoms. The van der Waals surface area contributed by atoms with Gasteiger partial charge in [-0.2, -0.15) is 0 Å². The van der Waals surface area contributed by atoms with Crippen molar-refractivity contribution >= 4 is 5.91 Å². The van der Waals surface area contributed by atoms with Crippen LogP contribution in [0, 0.1) is 20.8 Å². The molecule has 24 heavy (non-hydrogen) atoms. The summed E-state index contributed by atoms with van der Waals surface area (Å²) in [4.78, 5) is 12.9. The molecule has 2 aromatic rings. The highest BCUT2D eigenvalue weighted by molar-refractivity contribution is 5.96. The van der Waals surface area contributed by atoms with Crippen molar-refractivity contribution in [2.75, 3.05) is 0 Å². The number of ether oxygens (including phenoxy) is 1. The molecule has 0 aromatic heterocycles. The number of carbonyl (C=O) groups is 1. The topological polar surface area (TPSA) is 38.3 Å². The van der Waals surface area contributed by atoms with Crippen molar-refractivity contribution in [3.05, 3.63) is 64.2 Å². The first-order valence-corrected chi connectivity index (χ1v) is 8.43. The summed E-state index contributed by atoms with van der Waals surface area (Å²) >= 11 is 0. The third kappa shape index (κ3) is 3.16. The predicted octanol–water partition coefficient (Wildman–Crippen LogP) is 4.64. The monoisotopic (exact) mass is 323 g/mol. The Morgan fingerprint density at radius 3 is 2.50 bits per heavy atom. The van der Waals surface area contributed by atoms with Gasteiger partial charge in [0.2, 0.25) is 0 Å². The third-order valence-corrected chi connectivity index (χ3v) is 4.77. The Kier molecular flexibility index (Phi) is 4.12. The lowest BCUT2D eigenvalue weighted by atomic mass is 9.89. The number of aryl methyl sites for hydroxylation is 3. The van der Waals surface area contributed by atoms with E-state index in [9.17, 15) is 4.79 Å². The van der Waals surface area contributed by atoms with Crippen LogP contribution in [0.2, 0.25) is 0 Å². The van der Waals surface area contributed by atoms with Crippen LogP contribution < -0.4 is 10.1 Å². The number of nitrogens with one attached hydrogen (secondary N) is 1. The maximum atomic E-state index is 12.9. The lowest BCUT2D eigenvalue weighted by molar-refractivity contribution is 0.0619. The zero-order valence-electron chi connectivity index (χ0n) is 15.1. The largest absolute Gasteiger partial charge is 0.487 e. The lowest BCUT2D eigenvalue weighted by Gasteiger charge is -2.38. The normalized spacial score (nSPS) is 18.5. The van der Waals surface area contributed by atoms with E-state index in [1.54, 1.807) is 0 Å². The lowest BCUT2D eigenvalue weighted by Crippen LogP contribution is -2.41. The van der Waals surface area contributed by atoms with Gasteiger partial charge in [-0.15, -0.1) is 0 Å². The molecule has 0 radical (unpaired) electrons. The van der Waals surface area contributed by atoms with Crippen molar-refractivity contribution in [2.45, 2.75) is 52.7 Å². The van der Waals surface area contributed by atoms with Gasteiger partial charge < -0.3 is 10.1 Å². The van der Waals surface area contributed by atoms with E-state index in [0.717, 1.165) is 34.4 Å². The number of amides is 1. The number of para-hydroxylation sites is 1. The Balaban J connectivity index is 1.91. The van der Waals surface area contributed by atoms with Crippen LogP contribution in [0.25, 0.3) is 0 Å². The third-order valence-electron chi connectivity index (χ3n) is 4.77. The molecule has 1 N–H and O–H groups in total. The van der Waals surface area contributed by atoms with Crippen molar-refractivity contribution in [2.24, 2.45) is 0 Å². The van der Waals surface area contributed by atoms with Gasteiger partial charge in [0.05, 0.1) is 6.04 Å². The highest BCUT2D eigenvalue weighted by Crippen LogP contribution is 2.39. The number of hydrogen-bond acceptors (Lipinski definition) is 2. The van der Waals surface area contributed by atoms with E-state index >= 15 is 0 Å². The Morgan fingerprint density at radius 2 is 1.75 bits per heavy atom. The average Bonchev–Trinajstić information content (AvgIpc) is 2.49. The van der Waals surface area contributed by atoms with Crippen LogP contribution in [0.3, 0.4) is 0 Å². The van der Waals surface area contributed by atoms with E-state index in [2.05, 4.69) is 32.2 Å². The molecule has 1 atom stereocenters. The second kappa shape index (κ2) is 5.97. The van der Waals surface area contributed by atoms with Gasteiger partial charge in [-0.1, -0.05) is 24.3 Å². The van der Waals surface area contributed by atoms with Gasteiger partial charge in [0.15, 0.2) is 0 Å². The molecule has 0 spiro atoms. The number of hydrogen-bond donors (Lipinski definition) is 1. The molecule has 0 bridgehead atoms. The van der Waals surface area contributed by atoms with Gasteiger partial charge in [0.1, 0.15) is 11.4 Å². The molecular formula is C21H25NO2. The molecule has 0 unspecified atom stereocenters. The van der Waals surface area contributed by atoms with E-state index in [1.807, 2.05) is 44.2 Å². The maximum Gasteiger partial charge on any atom is 0.252 e. The average molecular weight is 323 g/mol. The first-order chi connectivity index (χ1) is 11.3. The minimum absolute atomic E-state index is 0.0203. The Bertz CT molecular complexity index is 792. The molecule has 0 fully saturated rings. The standard InChI is InChI=1S/C21H25NO2/c1-13-10-15(3)17(11-14(13)2)20(23)22-18-12-21(4,5)24-19-9-7-6-8-16(18)19/h6-11,18H,12H2,1-5H3,(H,22,23)/t18-/m1/s1. The smallest absolute Gasteiger partial charge is 0.252 e. The molecule has 1 heterocycles. The summed E-state index contributed by atoms with van der Waals surface area (Å²) in [7, 11) is 0. The molecule has 126 valence electrons. The van der Waals surface area contributed by atoms with Gasteiger partial charge in [0, 0.05) is 17.5 Å². The molecule has 1 amide bonds. The molecule has 0 saturated heterocycles. The second-order valence-corrected chi connectivity index (χ2v) is 7.38. The molecule has 0 aliphatic carbocycles. The van der Waals surface area contributed by atoms with Crippen LogP contribution in [-0.4, -0.2) is 11.5 Å². The fraction of sp³-hybridized carbons (Fsp3) is 0.381. The fourth-order valence-electron chi connectivity index (χ4n) is 3.37. The molecule has 1 aliphatic rings. The predicted molar refractivity (Wildman–Crippen MR) is 96.6 cm³/mol. The molecule has 3 nitrogen and oxygen atoms in total. The first-order valence-electron chi connectivity index (χ1n) is 8.43. The second-order valence-electron chi connectivity index (χ2n) is 7.38. The van der Waals surface area contributed by atoms with E-state index in [-0.39, 0.29) is 17.6 Å². The SMILES string of the molecule is Cc1cc(C)c(C(=O)N[C@@H]2CC(C)(C)Oc3ccccc32)cc1C. The summed E-state index contributed by atoms with van der Waals surface area (Å²) in [6, 6.07) is 12.0.